The van der Waals surface area contributed by atoms with Crippen LogP contribution in [0.3, 0.4) is 0 Å². The predicted molar refractivity (Wildman–Crippen MR) is 104 cm³/mol. The van der Waals surface area contributed by atoms with Crippen molar-refractivity contribution in [2.24, 2.45) is 0 Å². The molecule has 0 heterocycles. The molecule has 3 unspecified atom stereocenters. The first-order valence-corrected chi connectivity index (χ1v) is 9.39. The van der Waals surface area contributed by atoms with E-state index >= 15 is 0 Å². The van der Waals surface area contributed by atoms with E-state index in [1.807, 2.05) is 46.8 Å². The maximum atomic E-state index is 11.9. The van der Waals surface area contributed by atoms with Crippen LogP contribution in [0.25, 0.3) is 0 Å². The molecule has 1 aromatic rings. The lowest BCUT2D eigenvalue weighted by atomic mass is 10.1. The molecule has 0 aliphatic carbocycles. The number of esters is 1. The number of hydrogen-bond donors (Lipinski definition) is 0. The summed E-state index contributed by atoms with van der Waals surface area (Å²) in [5.41, 5.74) is 1.17. The first kappa shape index (κ1) is 23.0. The van der Waals surface area contributed by atoms with Crippen LogP contribution in [0.15, 0.2) is 30.4 Å². The molecule has 0 radical (unpaired) electrons. The Hall–Kier alpha value is -2.05. The van der Waals surface area contributed by atoms with E-state index in [0.29, 0.717) is 36.7 Å². The van der Waals surface area contributed by atoms with Gasteiger partial charge in [-0.2, -0.15) is 0 Å². The van der Waals surface area contributed by atoms with Crippen molar-refractivity contribution < 1.29 is 28.5 Å². The molecule has 0 saturated heterocycles. The first-order chi connectivity index (χ1) is 12.8. The second-order valence-corrected chi connectivity index (χ2v) is 6.07. The molecule has 0 aliphatic rings. The summed E-state index contributed by atoms with van der Waals surface area (Å²) in [7, 11) is 0. The Kier molecular flexibility index (Phi) is 9.89. The molecule has 6 heteroatoms. The zero-order chi connectivity index (χ0) is 20.4. The van der Waals surface area contributed by atoms with Gasteiger partial charge < -0.3 is 23.7 Å². The molecule has 0 aromatic heterocycles. The predicted octanol–water partition coefficient (Wildman–Crippen LogP) is 4.78. The molecular weight excluding hydrogens is 348 g/mol. The maximum absolute atomic E-state index is 11.9. The van der Waals surface area contributed by atoms with E-state index < -0.39 is 24.7 Å². The van der Waals surface area contributed by atoms with Crippen molar-refractivity contribution in [3.8, 4) is 11.5 Å². The minimum absolute atomic E-state index is 0.361. The van der Waals surface area contributed by atoms with Gasteiger partial charge in [0.1, 0.15) is 6.10 Å². The smallest absolute Gasteiger partial charge is 0.333 e. The summed E-state index contributed by atoms with van der Waals surface area (Å²) in [6.45, 7) is 15.7. The number of benzene rings is 1. The fourth-order valence-electron chi connectivity index (χ4n) is 2.43. The standard InChI is InChI=1S/C21H32O6/c1-8-18(27-21(22)14(4)5)17-11-12-19(25-15(6)23-9-2)20(13-17)26-16(7)24-10-3/h11-13,15-16,18H,4,8-10H2,1-3,5-7H3. The van der Waals surface area contributed by atoms with E-state index in [2.05, 4.69) is 6.58 Å². The Labute approximate surface area is 162 Å². The van der Waals surface area contributed by atoms with Gasteiger partial charge in [-0.1, -0.05) is 19.6 Å². The van der Waals surface area contributed by atoms with Crippen LogP contribution < -0.4 is 9.47 Å². The lowest BCUT2D eigenvalue weighted by Gasteiger charge is -2.22. The minimum Gasteiger partial charge on any atom is -0.461 e. The highest BCUT2D eigenvalue weighted by atomic mass is 16.7. The Morgan fingerprint density at radius 3 is 2.04 bits per heavy atom. The van der Waals surface area contributed by atoms with Crippen molar-refractivity contribution in [2.75, 3.05) is 13.2 Å². The van der Waals surface area contributed by atoms with Crippen molar-refractivity contribution in [3.05, 3.63) is 35.9 Å². The van der Waals surface area contributed by atoms with Crippen LogP contribution in [0.5, 0.6) is 11.5 Å². The van der Waals surface area contributed by atoms with Crippen molar-refractivity contribution in [1.82, 2.24) is 0 Å². The topological polar surface area (TPSA) is 63.2 Å². The second kappa shape index (κ2) is 11.6. The molecule has 3 atom stereocenters. The SMILES string of the molecule is C=C(C)C(=O)OC(CC)c1ccc(OC(C)OCC)c(OC(C)OCC)c1. The van der Waals surface area contributed by atoms with Crippen LogP contribution in [0.2, 0.25) is 0 Å². The second-order valence-electron chi connectivity index (χ2n) is 6.07. The van der Waals surface area contributed by atoms with Crippen molar-refractivity contribution in [3.63, 3.8) is 0 Å². The Morgan fingerprint density at radius 1 is 1.00 bits per heavy atom. The van der Waals surface area contributed by atoms with Crippen LogP contribution in [0, 0.1) is 0 Å². The van der Waals surface area contributed by atoms with Gasteiger partial charge in [0.05, 0.1) is 0 Å². The molecule has 0 aliphatic heterocycles. The third-order valence-electron chi connectivity index (χ3n) is 3.70. The highest BCUT2D eigenvalue weighted by Gasteiger charge is 2.20. The Morgan fingerprint density at radius 2 is 1.56 bits per heavy atom. The third-order valence-corrected chi connectivity index (χ3v) is 3.70. The summed E-state index contributed by atoms with van der Waals surface area (Å²) in [6.07, 6.45) is -0.658. The van der Waals surface area contributed by atoms with E-state index in [9.17, 15) is 4.79 Å². The molecule has 6 nitrogen and oxygen atoms in total. The molecule has 152 valence electrons. The summed E-state index contributed by atoms with van der Waals surface area (Å²) in [5, 5.41) is 0. The fourth-order valence-corrected chi connectivity index (χ4v) is 2.43. The molecule has 0 amide bonds. The number of carbonyl (C=O) groups is 1. The zero-order valence-corrected chi connectivity index (χ0v) is 17.2. The quantitative estimate of drug-likeness (QED) is 0.295. The van der Waals surface area contributed by atoms with Gasteiger partial charge in [0, 0.05) is 18.8 Å². The van der Waals surface area contributed by atoms with E-state index in [0.717, 1.165) is 5.56 Å². The van der Waals surface area contributed by atoms with Crippen molar-refractivity contribution in [2.45, 2.75) is 66.6 Å². The van der Waals surface area contributed by atoms with Crippen molar-refractivity contribution >= 4 is 5.97 Å². The molecule has 27 heavy (non-hydrogen) atoms. The molecule has 0 spiro atoms. The first-order valence-electron chi connectivity index (χ1n) is 9.39. The zero-order valence-electron chi connectivity index (χ0n) is 17.2. The van der Waals surface area contributed by atoms with Gasteiger partial charge in [0.25, 0.3) is 0 Å². The average molecular weight is 380 g/mol. The van der Waals surface area contributed by atoms with Gasteiger partial charge in [-0.05, 0) is 58.7 Å². The van der Waals surface area contributed by atoms with Gasteiger partial charge in [-0.25, -0.2) is 4.79 Å². The highest BCUT2D eigenvalue weighted by molar-refractivity contribution is 5.87. The van der Waals surface area contributed by atoms with Gasteiger partial charge >= 0.3 is 5.97 Å². The van der Waals surface area contributed by atoms with Gasteiger partial charge in [0.2, 0.25) is 0 Å². The molecule has 0 bridgehead atoms. The molecule has 1 aromatic carbocycles. The fraction of sp³-hybridized carbons (Fsp3) is 0.571. The van der Waals surface area contributed by atoms with E-state index in [1.54, 1.807) is 13.0 Å². The molecule has 0 saturated carbocycles. The summed E-state index contributed by atoms with van der Waals surface area (Å²) < 4.78 is 28.2. The van der Waals surface area contributed by atoms with Crippen LogP contribution in [0.4, 0.5) is 0 Å². The lowest BCUT2D eigenvalue weighted by Crippen LogP contribution is -2.20. The Bertz CT molecular complexity index is 613. The monoisotopic (exact) mass is 380 g/mol. The normalized spacial score (nSPS) is 14.1. The van der Waals surface area contributed by atoms with E-state index in [-0.39, 0.29) is 0 Å². The number of rotatable bonds is 12. The highest BCUT2D eigenvalue weighted by Crippen LogP contribution is 2.34. The van der Waals surface area contributed by atoms with Crippen LogP contribution in [-0.2, 0) is 19.0 Å². The summed E-state index contributed by atoms with van der Waals surface area (Å²) in [5.74, 6) is 0.620. The number of hydrogen-bond acceptors (Lipinski definition) is 6. The summed E-state index contributed by atoms with van der Waals surface area (Å²) >= 11 is 0. The average Bonchev–Trinajstić information content (AvgIpc) is 2.61. The Balaban J connectivity index is 3.12. The minimum atomic E-state index is -0.451. The molecule has 1 rings (SSSR count). The third kappa shape index (κ3) is 7.61. The largest absolute Gasteiger partial charge is 0.461 e. The van der Waals surface area contributed by atoms with Gasteiger partial charge in [-0.3, -0.25) is 0 Å². The number of carbonyl (C=O) groups excluding carboxylic acids is 1. The van der Waals surface area contributed by atoms with Crippen LogP contribution in [-0.4, -0.2) is 31.8 Å². The summed E-state index contributed by atoms with van der Waals surface area (Å²) in [4.78, 5) is 11.9. The molecule has 0 fully saturated rings. The van der Waals surface area contributed by atoms with E-state index in [4.69, 9.17) is 23.7 Å². The lowest BCUT2D eigenvalue weighted by molar-refractivity contribution is -0.144. The van der Waals surface area contributed by atoms with Crippen LogP contribution >= 0.6 is 0 Å². The molecular formula is C21H32O6. The summed E-state index contributed by atoms with van der Waals surface area (Å²) in [6, 6.07) is 5.45. The number of ether oxygens (including phenoxy) is 5. The van der Waals surface area contributed by atoms with E-state index in [1.165, 1.54) is 0 Å². The van der Waals surface area contributed by atoms with Gasteiger partial charge in [0.15, 0.2) is 24.1 Å². The van der Waals surface area contributed by atoms with Crippen molar-refractivity contribution in [1.29, 1.82) is 0 Å². The maximum Gasteiger partial charge on any atom is 0.333 e. The molecule has 0 N–H and O–H groups in total. The van der Waals surface area contributed by atoms with Crippen LogP contribution in [0.1, 0.15) is 59.6 Å². The van der Waals surface area contributed by atoms with Gasteiger partial charge in [-0.15, -0.1) is 0 Å².